The summed E-state index contributed by atoms with van der Waals surface area (Å²) in [6.07, 6.45) is 0. The molecule has 0 N–H and O–H groups in total. The van der Waals surface area contributed by atoms with Crippen molar-refractivity contribution in [2.45, 2.75) is 27.7 Å². The zero-order chi connectivity index (χ0) is 14.3. The summed E-state index contributed by atoms with van der Waals surface area (Å²) < 4.78 is 0. The Morgan fingerprint density at radius 2 is 1.40 bits per heavy atom. The zero-order valence-corrected chi connectivity index (χ0v) is 12.5. The van der Waals surface area contributed by atoms with Crippen molar-refractivity contribution >= 4 is 10.9 Å². The van der Waals surface area contributed by atoms with E-state index < -0.39 is 0 Å². The van der Waals surface area contributed by atoms with Crippen molar-refractivity contribution in [3.8, 4) is 11.3 Å². The van der Waals surface area contributed by atoms with Gasteiger partial charge in [-0.15, -0.1) is 0 Å². The smallest absolute Gasteiger partial charge is 0.0712 e. The molecule has 0 radical (unpaired) electrons. The molecule has 0 aliphatic heterocycles. The summed E-state index contributed by atoms with van der Waals surface area (Å²) in [6, 6.07) is 15.1. The average Bonchev–Trinajstić information content (AvgIpc) is 2.43. The number of hydrogen-bond acceptors (Lipinski definition) is 1. The molecule has 1 heterocycles. The number of rotatable bonds is 1. The van der Waals surface area contributed by atoms with Crippen molar-refractivity contribution in [3.63, 3.8) is 0 Å². The van der Waals surface area contributed by atoms with Gasteiger partial charge in [0.25, 0.3) is 0 Å². The summed E-state index contributed by atoms with van der Waals surface area (Å²) in [5.41, 5.74) is 8.59. The fraction of sp³-hybridized carbons (Fsp3) is 0.211. The topological polar surface area (TPSA) is 12.9 Å². The third-order valence-corrected chi connectivity index (χ3v) is 4.07. The highest BCUT2D eigenvalue weighted by atomic mass is 14.7. The van der Waals surface area contributed by atoms with E-state index in [4.69, 9.17) is 4.98 Å². The van der Waals surface area contributed by atoms with Gasteiger partial charge in [-0.1, -0.05) is 18.2 Å². The number of aryl methyl sites for hydroxylation is 3. The molecule has 1 heteroatoms. The van der Waals surface area contributed by atoms with Crippen LogP contribution in [0.1, 0.15) is 22.3 Å². The van der Waals surface area contributed by atoms with Gasteiger partial charge in [-0.3, -0.25) is 0 Å². The van der Waals surface area contributed by atoms with Crippen molar-refractivity contribution in [2.24, 2.45) is 0 Å². The largest absolute Gasteiger partial charge is 0.248 e. The van der Waals surface area contributed by atoms with Crippen molar-refractivity contribution in [3.05, 3.63) is 64.7 Å². The molecule has 1 nitrogen and oxygen atoms in total. The molecule has 0 aliphatic carbocycles. The van der Waals surface area contributed by atoms with Gasteiger partial charge in [0, 0.05) is 10.9 Å². The van der Waals surface area contributed by atoms with Gasteiger partial charge < -0.3 is 0 Å². The monoisotopic (exact) mass is 261 g/mol. The maximum Gasteiger partial charge on any atom is 0.0712 e. The molecule has 3 rings (SSSR count). The van der Waals surface area contributed by atoms with E-state index in [9.17, 15) is 0 Å². The highest BCUT2D eigenvalue weighted by Gasteiger charge is 2.05. The first-order valence-electron chi connectivity index (χ1n) is 7.00. The highest BCUT2D eigenvalue weighted by molar-refractivity contribution is 5.82. The standard InChI is InChI=1S/C19H19N/c1-12-5-6-16-7-8-18(20-19(16)9-12)17-10-13(2)15(4)14(3)11-17/h5-11H,1-4H3. The fourth-order valence-electron chi connectivity index (χ4n) is 2.57. The molecule has 0 fully saturated rings. The quantitative estimate of drug-likeness (QED) is 0.591. The van der Waals surface area contributed by atoms with Gasteiger partial charge >= 0.3 is 0 Å². The average molecular weight is 261 g/mol. The number of hydrogen-bond donors (Lipinski definition) is 0. The van der Waals surface area contributed by atoms with Gasteiger partial charge in [0.2, 0.25) is 0 Å². The molecule has 0 amide bonds. The molecule has 3 aromatic rings. The number of nitrogens with zero attached hydrogens (tertiary/aromatic N) is 1. The summed E-state index contributed by atoms with van der Waals surface area (Å²) in [5, 5.41) is 1.19. The van der Waals surface area contributed by atoms with E-state index in [2.05, 4.69) is 70.2 Å². The molecule has 1 aromatic heterocycles. The SMILES string of the molecule is Cc1ccc2ccc(-c3cc(C)c(C)c(C)c3)nc2c1. The molecule has 0 saturated carbocycles. The van der Waals surface area contributed by atoms with Crippen LogP contribution in [-0.2, 0) is 0 Å². The summed E-state index contributed by atoms with van der Waals surface area (Å²) >= 11 is 0. The third kappa shape index (κ3) is 2.20. The van der Waals surface area contributed by atoms with Crippen LogP contribution < -0.4 is 0 Å². The summed E-state index contributed by atoms with van der Waals surface area (Å²) in [7, 11) is 0. The normalized spacial score (nSPS) is 11.0. The molecular weight excluding hydrogens is 242 g/mol. The predicted octanol–water partition coefficient (Wildman–Crippen LogP) is 5.14. The summed E-state index contributed by atoms with van der Waals surface area (Å²) in [6.45, 7) is 8.60. The second-order valence-electron chi connectivity index (χ2n) is 5.63. The Morgan fingerprint density at radius 1 is 0.750 bits per heavy atom. The second kappa shape index (κ2) is 4.75. The maximum atomic E-state index is 4.82. The molecule has 100 valence electrons. The van der Waals surface area contributed by atoms with E-state index in [1.54, 1.807) is 0 Å². The van der Waals surface area contributed by atoms with E-state index in [1.807, 2.05) is 0 Å². The summed E-state index contributed by atoms with van der Waals surface area (Å²) in [4.78, 5) is 4.82. The second-order valence-corrected chi connectivity index (χ2v) is 5.63. The molecule has 0 aliphatic rings. The van der Waals surface area contributed by atoms with Crippen LogP contribution in [0.5, 0.6) is 0 Å². The van der Waals surface area contributed by atoms with Crippen LogP contribution in [0.2, 0.25) is 0 Å². The minimum atomic E-state index is 1.05. The summed E-state index contributed by atoms with van der Waals surface area (Å²) in [5.74, 6) is 0. The number of aromatic nitrogens is 1. The van der Waals surface area contributed by atoms with Gasteiger partial charge in [0.15, 0.2) is 0 Å². The molecule has 0 atom stereocenters. The minimum absolute atomic E-state index is 1.05. The van der Waals surface area contributed by atoms with Crippen LogP contribution in [0.25, 0.3) is 22.2 Å². The Hall–Kier alpha value is -2.15. The third-order valence-electron chi connectivity index (χ3n) is 4.07. The highest BCUT2D eigenvalue weighted by Crippen LogP contribution is 2.25. The Labute approximate surface area is 120 Å². The zero-order valence-electron chi connectivity index (χ0n) is 12.5. The molecule has 0 unspecified atom stereocenters. The lowest BCUT2D eigenvalue weighted by Crippen LogP contribution is -1.91. The van der Waals surface area contributed by atoms with Gasteiger partial charge in [-0.05, 0) is 74.2 Å². The van der Waals surface area contributed by atoms with Crippen molar-refractivity contribution in [1.82, 2.24) is 4.98 Å². The van der Waals surface area contributed by atoms with Gasteiger partial charge in [-0.2, -0.15) is 0 Å². The van der Waals surface area contributed by atoms with Crippen molar-refractivity contribution in [1.29, 1.82) is 0 Å². The first-order chi connectivity index (χ1) is 9.54. The van der Waals surface area contributed by atoms with E-state index in [0.29, 0.717) is 0 Å². The molecule has 0 bridgehead atoms. The van der Waals surface area contributed by atoms with Crippen molar-refractivity contribution in [2.75, 3.05) is 0 Å². The van der Waals surface area contributed by atoms with Gasteiger partial charge in [-0.25, -0.2) is 4.98 Å². The van der Waals surface area contributed by atoms with Crippen LogP contribution in [0.3, 0.4) is 0 Å². The van der Waals surface area contributed by atoms with Gasteiger partial charge in [0.05, 0.1) is 11.2 Å². The molecule has 2 aromatic carbocycles. The lowest BCUT2D eigenvalue weighted by atomic mass is 9.98. The Morgan fingerprint density at radius 3 is 2.10 bits per heavy atom. The Bertz CT molecular complexity index is 777. The minimum Gasteiger partial charge on any atom is -0.248 e. The van der Waals surface area contributed by atoms with E-state index in [-0.39, 0.29) is 0 Å². The molecule has 0 saturated heterocycles. The van der Waals surface area contributed by atoms with Crippen LogP contribution in [-0.4, -0.2) is 4.98 Å². The first-order valence-corrected chi connectivity index (χ1v) is 7.00. The van der Waals surface area contributed by atoms with Crippen molar-refractivity contribution < 1.29 is 0 Å². The first kappa shape index (κ1) is 12.9. The molecule has 0 spiro atoms. The van der Waals surface area contributed by atoms with Gasteiger partial charge in [0.1, 0.15) is 0 Å². The van der Waals surface area contributed by atoms with E-state index in [0.717, 1.165) is 11.2 Å². The predicted molar refractivity (Wildman–Crippen MR) is 86.1 cm³/mol. The maximum absolute atomic E-state index is 4.82. The molecular formula is C19H19N. The lowest BCUT2D eigenvalue weighted by molar-refractivity contribution is 1.26. The molecule has 20 heavy (non-hydrogen) atoms. The lowest BCUT2D eigenvalue weighted by Gasteiger charge is -2.09. The van der Waals surface area contributed by atoms with E-state index >= 15 is 0 Å². The Kier molecular flexibility index (Phi) is 3.06. The number of fused-ring (bicyclic) bond motifs is 1. The fourth-order valence-corrected chi connectivity index (χ4v) is 2.57. The van der Waals surface area contributed by atoms with Crippen LogP contribution in [0.4, 0.5) is 0 Å². The van der Waals surface area contributed by atoms with Crippen LogP contribution in [0, 0.1) is 27.7 Å². The number of benzene rings is 2. The van der Waals surface area contributed by atoms with E-state index in [1.165, 1.54) is 33.2 Å². The van der Waals surface area contributed by atoms with Crippen LogP contribution in [0.15, 0.2) is 42.5 Å². The Balaban J connectivity index is 2.19. The van der Waals surface area contributed by atoms with Crippen LogP contribution >= 0.6 is 0 Å². The number of pyridine rings is 1.